The Hall–Kier alpha value is -1.50. The summed E-state index contributed by atoms with van der Waals surface area (Å²) in [5.74, 6) is 0.518. The van der Waals surface area contributed by atoms with Crippen LogP contribution in [-0.2, 0) is 0 Å². The molecular weight excluding hydrogens is 182 g/mol. The predicted octanol–water partition coefficient (Wildman–Crippen LogP) is 3.73. The van der Waals surface area contributed by atoms with Crippen molar-refractivity contribution in [1.82, 2.24) is 0 Å². The van der Waals surface area contributed by atoms with Crippen LogP contribution in [0.1, 0.15) is 20.3 Å². The first-order valence-electron chi connectivity index (χ1n) is 5.18. The van der Waals surface area contributed by atoms with Gasteiger partial charge in [0.2, 0.25) is 0 Å². The highest BCUT2D eigenvalue weighted by atomic mass is 14.6. The SMILES string of the molecule is C=C/C=C\C(=C)/C(N)=C\CC(C)/C=C/C. The van der Waals surface area contributed by atoms with Gasteiger partial charge in [0.1, 0.15) is 0 Å². The van der Waals surface area contributed by atoms with E-state index < -0.39 is 0 Å². The quantitative estimate of drug-likeness (QED) is 0.516. The zero-order chi connectivity index (χ0) is 11.7. The highest BCUT2D eigenvalue weighted by molar-refractivity contribution is 5.36. The molecule has 0 heterocycles. The van der Waals surface area contributed by atoms with Crippen LogP contribution in [0.3, 0.4) is 0 Å². The van der Waals surface area contributed by atoms with Gasteiger partial charge in [-0.1, -0.05) is 56.5 Å². The van der Waals surface area contributed by atoms with Crippen molar-refractivity contribution in [2.75, 3.05) is 0 Å². The normalized spacial score (nSPS) is 14.7. The van der Waals surface area contributed by atoms with E-state index in [1.165, 1.54) is 0 Å². The topological polar surface area (TPSA) is 26.0 Å². The van der Waals surface area contributed by atoms with Crippen LogP contribution >= 0.6 is 0 Å². The molecule has 0 aliphatic carbocycles. The standard InChI is InChI=1S/C14H21N/c1-5-7-9-13(4)14(15)11-10-12(3)8-6-2/h5-9,11-12H,1,4,10,15H2,2-3H3/b8-6+,9-7-,14-11+. The van der Waals surface area contributed by atoms with Crippen LogP contribution in [0.15, 0.2) is 60.9 Å². The third kappa shape index (κ3) is 6.55. The van der Waals surface area contributed by atoms with E-state index in [1.54, 1.807) is 6.08 Å². The lowest BCUT2D eigenvalue weighted by atomic mass is 10.1. The first-order chi connectivity index (χ1) is 7.11. The summed E-state index contributed by atoms with van der Waals surface area (Å²) in [5, 5.41) is 0. The molecule has 0 aliphatic rings. The van der Waals surface area contributed by atoms with Crippen LogP contribution < -0.4 is 5.73 Å². The minimum absolute atomic E-state index is 0.518. The van der Waals surface area contributed by atoms with E-state index >= 15 is 0 Å². The smallest absolute Gasteiger partial charge is 0.0341 e. The van der Waals surface area contributed by atoms with Gasteiger partial charge in [0.05, 0.1) is 0 Å². The van der Waals surface area contributed by atoms with Crippen molar-refractivity contribution < 1.29 is 0 Å². The van der Waals surface area contributed by atoms with Gasteiger partial charge in [-0.25, -0.2) is 0 Å². The first-order valence-corrected chi connectivity index (χ1v) is 5.18. The molecule has 1 unspecified atom stereocenters. The molecule has 0 amide bonds. The van der Waals surface area contributed by atoms with E-state index in [1.807, 2.05) is 25.2 Å². The average Bonchev–Trinajstić information content (AvgIpc) is 2.22. The van der Waals surface area contributed by atoms with Gasteiger partial charge in [-0.2, -0.15) is 0 Å². The zero-order valence-corrected chi connectivity index (χ0v) is 9.74. The van der Waals surface area contributed by atoms with Crippen molar-refractivity contribution >= 4 is 0 Å². The second-order valence-electron chi connectivity index (χ2n) is 3.52. The first kappa shape index (κ1) is 13.5. The highest BCUT2D eigenvalue weighted by Gasteiger charge is 1.96. The molecule has 0 aliphatic heterocycles. The second kappa shape index (κ2) is 7.86. The van der Waals surface area contributed by atoms with E-state index in [0.29, 0.717) is 5.92 Å². The Morgan fingerprint density at radius 2 is 2.13 bits per heavy atom. The molecule has 1 atom stereocenters. The lowest BCUT2D eigenvalue weighted by Crippen LogP contribution is -1.99. The van der Waals surface area contributed by atoms with Crippen LogP contribution in [0, 0.1) is 5.92 Å². The van der Waals surface area contributed by atoms with Gasteiger partial charge >= 0.3 is 0 Å². The molecule has 1 nitrogen and oxygen atoms in total. The largest absolute Gasteiger partial charge is 0.399 e. The van der Waals surface area contributed by atoms with Gasteiger partial charge in [0.25, 0.3) is 0 Å². The van der Waals surface area contributed by atoms with Crippen molar-refractivity contribution in [3.05, 3.63) is 60.9 Å². The Labute approximate surface area is 93.4 Å². The van der Waals surface area contributed by atoms with Gasteiger partial charge in [0, 0.05) is 5.70 Å². The maximum Gasteiger partial charge on any atom is 0.0341 e. The molecule has 1 heteroatoms. The molecule has 0 bridgehead atoms. The monoisotopic (exact) mass is 203 g/mol. The molecule has 0 aromatic rings. The van der Waals surface area contributed by atoms with Crippen LogP contribution in [0.2, 0.25) is 0 Å². The maximum atomic E-state index is 5.85. The highest BCUT2D eigenvalue weighted by Crippen LogP contribution is 2.09. The van der Waals surface area contributed by atoms with Crippen LogP contribution in [-0.4, -0.2) is 0 Å². The van der Waals surface area contributed by atoms with Crippen LogP contribution in [0.5, 0.6) is 0 Å². The summed E-state index contributed by atoms with van der Waals surface area (Å²) < 4.78 is 0. The van der Waals surface area contributed by atoms with Gasteiger partial charge in [-0.05, 0) is 24.8 Å². The Balaban J connectivity index is 4.24. The van der Waals surface area contributed by atoms with Gasteiger partial charge in [-0.3, -0.25) is 0 Å². The second-order valence-corrected chi connectivity index (χ2v) is 3.52. The molecule has 0 rings (SSSR count). The number of hydrogen-bond donors (Lipinski definition) is 1. The molecule has 0 saturated heterocycles. The zero-order valence-electron chi connectivity index (χ0n) is 9.74. The number of hydrogen-bond acceptors (Lipinski definition) is 1. The third-order valence-corrected chi connectivity index (χ3v) is 2.03. The van der Waals surface area contributed by atoms with Crippen molar-refractivity contribution in [3.8, 4) is 0 Å². The lowest BCUT2D eigenvalue weighted by molar-refractivity contribution is 0.740. The number of nitrogens with two attached hydrogens (primary N) is 1. The minimum Gasteiger partial charge on any atom is -0.399 e. The summed E-state index contributed by atoms with van der Waals surface area (Å²) in [5.41, 5.74) is 7.43. The summed E-state index contributed by atoms with van der Waals surface area (Å²) >= 11 is 0. The molecular formula is C14H21N. The van der Waals surface area contributed by atoms with E-state index in [9.17, 15) is 0 Å². The van der Waals surface area contributed by atoms with Crippen molar-refractivity contribution in [3.63, 3.8) is 0 Å². The summed E-state index contributed by atoms with van der Waals surface area (Å²) in [6.07, 6.45) is 12.6. The molecule has 0 spiro atoms. The molecule has 2 N–H and O–H groups in total. The Morgan fingerprint density at radius 3 is 2.67 bits per heavy atom. The van der Waals surface area contributed by atoms with Crippen molar-refractivity contribution in [2.24, 2.45) is 11.7 Å². The van der Waals surface area contributed by atoms with Gasteiger partial charge < -0.3 is 5.73 Å². The summed E-state index contributed by atoms with van der Waals surface area (Å²) in [7, 11) is 0. The van der Waals surface area contributed by atoms with Crippen molar-refractivity contribution in [1.29, 1.82) is 0 Å². The maximum absolute atomic E-state index is 5.85. The fourth-order valence-electron chi connectivity index (χ4n) is 1.13. The van der Waals surface area contributed by atoms with Crippen LogP contribution in [0.25, 0.3) is 0 Å². The summed E-state index contributed by atoms with van der Waals surface area (Å²) in [6, 6.07) is 0. The fraction of sp³-hybridized carbons (Fsp3) is 0.286. The van der Waals surface area contributed by atoms with E-state index in [-0.39, 0.29) is 0 Å². The number of allylic oxidation sites excluding steroid dienone is 6. The molecule has 0 saturated carbocycles. The summed E-state index contributed by atoms with van der Waals surface area (Å²) in [6.45, 7) is 11.6. The van der Waals surface area contributed by atoms with Crippen molar-refractivity contribution in [2.45, 2.75) is 20.3 Å². The van der Waals surface area contributed by atoms with Gasteiger partial charge in [0.15, 0.2) is 0 Å². The van der Waals surface area contributed by atoms with E-state index in [0.717, 1.165) is 17.7 Å². The van der Waals surface area contributed by atoms with E-state index in [4.69, 9.17) is 5.73 Å². The summed E-state index contributed by atoms with van der Waals surface area (Å²) in [4.78, 5) is 0. The average molecular weight is 203 g/mol. The Kier molecular flexibility index (Phi) is 7.08. The fourth-order valence-corrected chi connectivity index (χ4v) is 1.13. The molecule has 15 heavy (non-hydrogen) atoms. The third-order valence-electron chi connectivity index (χ3n) is 2.03. The minimum atomic E-state index is 0.518. The molecule has 0 aromatic carbocycles. The Bertz CT molecular complexity index is 292. The number of rotatable bonds is 6. The Morgan fingerprint density at radius 1 is 1.47 bits per heavy atom. The predicted molar refractivity (Wildman–Crippen MR) is 69.3 cm³/mol. The molecule has 0 fully saturated rings. The molecule has 0 radical (unpaired) electrons. The van der Waals surface area contributed by atoms with E-state index in [2.05, 4.69) is 32.2 Å². The lowest BCUT2D eigenvalue weighted by Gasteiger charge is -2.04. The molecule has 82 valence electrons. The van der Waals surface area contributed by atoms with Gasteiger partial charge in [-0.15, -0.1) is 0 Å². The molecule has 0 aromatic heterocycles. The van der Waals surface area contributed by atoms with Crippen LogP contribution in [0.4, 0.5) is 0 Å².